The number of rotatable bonds is 6. The van der Waals surface area contributed by atoms with Gasteiger partial charge in [0.1, 0.15) is 17.3 Å². The summed E-state index contributed by atoms with van der Waals surface area (Å²) in [7, 11) is 1.56. The van der Waals surface area contributed by atoms with Crippen LogP contribution < -0.4 is 10.2 Å². The summed E-state index contributed by atoms with van der Waals surface area (Å²) in [5.41, 5.74) is 0.396. The zero-order valence-electron chi connectivity index (χ0n) is 14.0. The van der Waals surface area contributed by atoms with Crippen molar-refractivity contribution in [2.45, 2.75) is 25.4 Å². The molecule has 0 aromatic heterocycles. The molecule has 2 aromatic rings. The van der Waals surface area contributed by atoms with Gasteiger partial charge in [0.25, 0.3) is 11.6 Å². The molecular formula is C18H17F2N3O3. The number of nitrogens with zero attached hydrogens (tertiary/aromatic N) is 2. The van der Waals surface area contributed by atoms with Crippen molar-refractivity contribution in [1.29, 1.82) is 0 Å². The number of hydrogen-bond acceptors (Lipinski definition) is 4. The number of nitrogens with one attached hydrogen (secondary N) is 1. The van der Waals surface area contributed by atoms with Gasteiger partial charge in [0.15, 0.2) is 0 Å². The van der Waals surface area contributed by atoms with E-state index in [-0.39, 0.29) is 41.0 Å². The zero-order chi connectivity index (χ0) is 18.8. The number of halogens is 2. The third-order valence-corrected chi connectivity index (χ3v) is 4.18. The van der Waals surface area contributed by atoms with E-state index < -0.39 is 16.6 Å². The lowest BCUT2D eigenvalue weighted by atomic mass is 10.1. The highest BCUT2D eigenvalue weighted by atomic mass is 19.1. The minimum atomic E-state index is -0.722. The molecule has 0 aliphatic heterocycles. The summed E-state index contributed by atoms with van der Waals surface area (Å²) in [5, 5.41) is 14.2. The number of benzene rings is 2. The summed E-state index contributed by atoms with van der Waals surface area (Å²) < 4.78 is 26.8. The van der Waals surface area contributed by atoms with Crippen molar-refractivity contribution in [3.8, 4) is 0 Å². The van der Waals surface area contributed by atoms with Crippen LogP contribution in [0.1, 0.15) is 28.8 Å². The van der Waals surface area contributed by atoms with Crippen molar-refractivity contribution in [2.24, 2.45) is 0 Å². The van der Waals surface area contributed by atoms with Crippen molar-refractivity contribution in [3.05, 3.63) is 69.3 Å². The maximum absolute atomic E-state index is 13.8. The Labute approximate surface area is 148 Å². The first-order chi connectivity index (χ1) is 12.3. The second-order valence-corrected chi connectivity index (χ2v) is 6.30. The van der Waals surface area contributed by atoms with Crippen molar-refractivity contribution >= 4 is 17.3 Å². The highest BCUT2D eigenvalue weighted by molar-refractivity contribution is 5.96. The molecule has 0 unspecified atom stereocenters. The second kappa shape index (κ2) is 7.07. The highest BCUT2D eigenvalue weighted by Crippen LogP contribution is 2.30. The largest absolute Gasteiger partial charge is 0.365 e. The standard InChI is InChI=1S/C18H17F2N3O3/c1-22(10-12-2-4-13(19)9-15(12)20)16-7-3-11(8-17(16)23(25)26)18(24)21-14-5-6-14/h2-4,7-9,14H,5-6,10H2,1H3,(H,21,24). The van der Waals surface area contributed by atoms with Gasteiger partial charge in [-0.25, -0.2) is 8.78 Å². The van der Waals surface area contributed by atoms with Crippen molar-refractivity contribution in [1.82, 2.24) is 5.32 Å². The van der Waals surface area contributed by atoms with Crippen LogP contribution in [0, 0.1) is 21.7 Å². The molecule has 1 aliphatic carbocycles. The minimum absolute atomic E-state index is 0.0145. The Morgan fingerprint density at radius 3 is 2.62 bits per heavy atom. The summed E-state index contributed by atoms with van der Waals surface area (Å²) in [6, 6.07) is 7.51. The van der Waals surface area contributed by atoms with Crippen molar-refractivity contribution in [3.63, 3.8) is 0 Å². The van der Waals surface area contributed by atoms with Gasteiger partial charge >= 0.3 is 0 Å². The van der Waals surface area contributed by atoms with Crippen LogP contribution in [0.15, 0.2) is 36.4 Å². The Bertz CT molecular complexity index is 869. The van der Waals surface area contributed by atoms with Crippen LogP contribution in [0.4, 0.5) is 20.2 Å². The number of hydrogen-bond donors (Lipinski definition) is 1. The molecule has 0 radical (unpaired) electrons. The predicted molar refractivity (Wildman–Crippen MR) is 92.0 cm³/mol. The van der Waals surface area contributed by atoms with Crippen molar-refractivity contribution in [2.75, 3.05) is 11.9 Å². The van der Waals surface area contributed by atoms with Gasteiger partial charge in [0.05, 0.1) is 4.92 Å². The number of nitro groups is 1. The van der Waals surface area contributed by atoms with Crippen LogP contribution >= 0.6 is 0 Å². The average molecular weight is 361 g/mol. The average Bonchev–Trinajstić information content (AvgIpc) is 3.40. The van der Waals surface area contributed by atoms with Crippen LogP contribution in [-0.2, 0) is 6.54 Å². The van der Waals surface area contributed by atoms with E-state index in [9.17, 15) is 23.7 Å². The maximum atomic E-state index is 13.8. The molecule has 1 amide bonds. The molecule has 0 heterocycles. The van der Waals surface area contributed by atoms with Crippen LogP contribution in [0.2, 0.25) is 0 Å². The Morgan fingerprint density at radius 1 is 1.27 bits per heavy atom. The Balaban J connectivity index is 1.85. The molecule has 1 saturated carbocycles. The number of amides is 1. The van der Waals surface area contributed by atoms with E-state index in [1.165, 1.54) is 29.2 Å². The van der Waals surface area contributed by atoms with Gasteiger partial charge in [0, 0.05) is 42.9 Å². The Kier molecular flexibility index (Phi) is 4.83. The Hall–Kier alpha value is -3.03. The molecule has 2 aromatic carbocycles. The van der Waals surface area contributed by atoms with E-state index in [1.807, 2.05) is 0 Å². The van der Waals surface area contributed by atoms with E-state index in [1.54, 1.807) is 7.05 Å². The van der Waals surface area contributed by atoms with E-state index in [4.69, 9.17) is 0 Å². The predicted octanol–water partition coefficient (Wildman–Crippen LogP) is 3.40. The van der Waals surface area contributed by atoms with Gasteiger partial charge in [-0.05, 0) is 31.0 Å². The molecule has 1 aliphatic rings. The smallest absolute Gasteiger partial charge is 0.293 e. The monoisotopic (exact) mass is 361 g/mol. The molecule has 3 rings (SSSR count). The maximum Gasteiger partial charge on any atom is 0.293 e. The topological polar surface area (TPSA) is 75.5 Å². The molecule has 1 N–H and O–H groups in total. The van der Waals surface area contributed by atoms with Crippen LogP contribution in [-0.4, -0.2) is 23.9 Å². The quantitative estimate of drug-likeness (QED) is 0.632. The Morgan fingerprint density at radius 2 is 2.00 bits per heavy atom. The lowest BCUT2D eigenvalue weighted by Gasteiger charge is -2.20. The molecule has 0 saturated heterocycles. The summed E-state index contributed by atoms with van der Waals surface area (Å²) >= 11 is 0. The fourth-order valence-electron chi connectivity index (χ4n) is 2.62. The molecule has 26 heavy (non-hydrogen) atoms. The van der Waals surface area contributed by atoms with E-state index >= 15 is 0 Å². The molecule has 8 heteroatoms. The van der Waals surface area contributed by atoms with Crippen LogP contribution in [0.5, 0.6) is 0 Å². The van der Waals surface area contributed by atoms with Gasteiger partial charge in [0.2, 0.25) is 0 Å². The first kappa shape index (κ1) is 17.8. The summed E-state index contributed by atoms with van der Waals surface area (Å²) in [4.78, 5) is 24.4. The number of anilines is 1. The fourth-order valence-corrected chi connectivity index (χ4v) is 2.62. The first-order valence-corrected chi connectivity index (χ1v) is 8.09. The van der Waals surface area contributed by atoms with E-state index in [0.717, 1.165) is 25.0 Å². The van der Waals surface area contributed by atoms with Crippen LogP contribution in [0.25, 0.3) is 0 Å². The lowest BCUT2D eigenvalue weighted by molar-refractivity contribution is -0.384. The normalized spacial score (nSPS) is 13.3. The zero-order valence-corrected chi connectivity index (χ0v) is 14.0. The number of nitro benzene ring substituents is 1. The van der Waals surface area contributed by atoms with Gasteiger partial charge in [-0.3, -0.25) is 14.9 Å². The molecule has 1 fully saturated rings. The second-order valence-electron chi connectivity index (χ2n) is 6.30. The highest BCUT2D eigenvalue weighted by Gasteiger charge is 2.26. The molecule has 6 nitrogen and oxygen atoms in total. The summed E-state index contributed by atoms with van der Waals surface area (Å²) in [5.74, 6) is -1.76. The lowest BCUT2D eigenvalue weighted by Crippen LogP contribution is -2.25. The fraction of sp³-hybridized carbons (Fsp3) is 0.278. The molecule has 0 atom stereocenters. The summed E-state index contributed by atoms with van der Waals surface area (Å²) in [6.45, 7) is 0.0145. The molecule has 0 spiro atoms. The molecule has 0 bridgehead atoms. The minimum Gasteiger partial charge on any atom is -0.365 e. The van der Waals surface area contributed by atoms with Gasteiger partial charge in [-0.2, -0.15) is 0 Å². The van der Waals surface area contributed by atoms with Gasteiger partial charge in [-0.15, -0.1) is 0 Å². The molecule has 136 valence electrons. The van der Waals surface area contributed by atoms with Gasteiger partial charge in [-0.1, -0.05) is 6.07 Å². The third kappa shape index (κ3) is 3.96. The van der Waals surface area contributed by atoms with Crippen LogP contribution in [0.3, 0.4) is 0 Å². The SMILES string of the molecule is CN(Cc1ccc(F)cc1F)c1ccc(C(=O)NC2CC2)cc1[N+](=O)[O-]. The molecular weight excluding hydrogens is 344 g/mol. The van der Waals surface area contributed by atoms with E-state index in [2.05, 4.69) is 5.32 Å². The third-order valence-electron chi connectivity index (χ3n) is 4.18. The van der Waals surface area contributed by atoms with Crippen molar-refractivity contribution < 1.29 is 18.5 Å². The van der Waals surface area contributed by atoms with Gasteiger partial charge < -0.3 is 10.2 Å². The number of carbonyl (C=O) groups excluding carboxylic acids is 1. The number of carbonyl (C=O) groups is 1. The van der Waals surface area contributed by atoms with E-state index in [0.29, 0.717) is 0 Å². The summed E-state index contributed by atoms with van der Waals surface area (Å²) in [6.07, 6.45) is 1.83. The first-order valence-electron chi connectivity index (χ1n) is 8.09.